The van der Waals surface area contributed by atoms with Crippen LogP contribution in [0, 0.1) is 5.41 Å². The summed E-state index contributed by atoms with van der Waals surface area (Å²) in [5.74, 6) is -2.32. The fraction of sp³-hybridized carbons (Fsp3) is 0.375. The van der Waals surface area contributed by atoms with Crippen molar-refractivity contribution in [1.82, 2.24) is 10.2 Å². The van der Waals surface area contributed by atoms with Crippen molar-refractivity contribution in [2.75, 3.05) is 19.7 Å². The van der Waals surface area contributed by atoms with Crippen LogP contribution >= 0.6 is 11.6 Å². The van der Waals surface area contributed by atoms with Gasteiger partial charge in [0.1, 0.15) is 6.04 Å². The van der Waals surface area contributed by atoms with Crippen LogP contribution in [0.2, 0.25) is 5.02 Å². The van der Waals surface area contributed by atoms with Crippen molar-refractivity contribution in [3.05, 3.63) is 70.2 Å². The van der Waals surface area contributed by atoms with Crippen LogP contribution in [0.1, 0.15) is 46.5 Å². The minimum Gasteiger partial charge on any atom is -0.478 e. The summed E-state index contributed by atoms with van der Waals surface area (Å²) in [4.78, 5) is 38.3. The van der Waals surface area contributed by atoms with E-state index in [2.05, 4.69) is 5.32 Å². The Hall–Kier alpha value is -2.94. The van der Waals surface area contributed by atoms with Crippen LogP contribution in [0.25, 0.3) is 0 Å². The summed E-state index contributed by atoms with van der Waals surface area (Å²) in [5, 5.41) is 33.4. The van der Waals surface area contributed by atoms with Gasteiger partial charge in [-0.1, -0.05) is 43.6 Å². The molecule has 176 valence electrons. The number of carboxylic acid groups (broad SMARTS) is 1. The molecular weight excluding hydrogens is 448 g/mol. The third-order valence-electron chi connectivity index (χ3n) is 6.24. The molecular formula is C24H27ClN2O6. The number of aliphatic hydroxyl groups excluding tert-OH is 1. The molecule has 0 unspecified atom stereocenters. The molecule has 33 heavy (non-hydrogen) atoms. The molecule has 1 fully saturated rings. The third kappa shape index (κ3) is 5.03. The van der Waals surface area contributed by atoms with Crippen molar-refractivity contribution in [1.29, 1.82) is 0 Å². The Morgan fingerprint density at radius 2 is 1.76 bits per heavy atom. The summed E-state index contributed by atoms with van der Waals surface area (Å²) in [5.41, 5.74) is -1.21. The van der Waals surface area contributed by atoms with Gasteiger partial charge in [-0.2, -0.15) is 0 Å². The average molecular weight is 475 g/mol. The number of carboxylic acids is 1. The highest BCUT2D eigenvalue weighted by molar-refractivity contribution is 6.30. The van der Waals surface area contributed by atoms with Gasteiger partial charge in [-0.3, -0.25) is 9.59 Å². The van der Waals surface area contributed by atoms with Crippen molar-refractivity contribution >= 4 is 29.4 Å². The van der Waals surface area contributed by atoms with Gasteiger partial charge in [-0.05, 0) is 42.3 Å². The van der Waals surface area contributed by atoms with Crippen molar-refractivity contribution in [3.8, 4) is 0 Å². The molecule has 0 radical (unpaired) electrons. The highest BCUT2D eigenvalue weighted by Gasteiger charge is 2.50. The van der Waals surface area contributed by atoms with E-state index >= 15 is 0 Å². The number of benzene rings is 2. The predicted octanol–water partition coefficient (Wildman–Crippen LogP) is 2.28. The second kappa shape index (κ2) is 9.51. The molecule has 4 N–H and O–H groups in total. The maximum atomic E-state index is 13.1. The Balaban J connectivity index is 1.73. The van der Waals surface area contributed by atoms with Crippen molar-refractivity contribution in [2.45, 2.75) is 31.9 Å². The predicted molar refractivity (Wildman–Crippen MR) is 122 cm³/mol. The van der Waals surface area contributed by atoms with Gasteiger partial charge in [0.2, 0.25) is 5.91 Å². The van der Waals surface area contributed by atoms with Gasteiger partial charge >= 0.3 is 5.97 Å². The van der Waals surface area contributed by atoms with Gasteiger partial charge in [0.15, 0.2) is 0 Å². The van der Waals surface area contributed by atoms with E-state index in [1.54, 1.807) is 24.3 Å². The van der Waals surface area contributed by atoms with E-state index in [4.69, 9.17) is 16.7 Å². The van der Waals surface area contributed by atoms with Crippen LogP contribution < -0.4 is 5.32 Å². The van der Waals surface area contributed by atoms with Crippen molar-refractivity contribution < 1.29 is 29.7 Å². The number of likely N-dealkylation sites (tertiary alicyclic amines) is 1. The first-order chi connectivity index (χ1) is 15.5. The van der Waals surface area contributed by atoms with Crippen LogP contribution in [0.5, 0.6) is 0 Å². The molecule has 2 atom stereocenters. The molecule has 0 bridgehead atoms. The quantitative estimate of drug-likeness (QED) is 0.508. The van der Waals surface area contributed by atoms with E-state index in [0.717, 1.165) is 0 Å². The first kappa shape index (κ1) is 24.7. The van der Waals surface area contributed by atoms with E-state index in [-0.39, 0.29) is 30.6 Å². The fourth-order valence-corrected chi connectivity index (χ4v) is 4.34. The largest absolute Gasteiger partial charge is 0.478 e. The topological polar surface area (TPSA) is 127 Å². The van der Waals surface area contributed by atoms with E-state index in [0.29, 0.717) is 10.6 Å². The average Bonchev–Trinajstić information content (AvgIpc) is 2.79. The summed E-state index contributed by atoms with van der Waals surface area (Å²) in [7, 11) is 0. The van der Waals surface area contributed by atoms with Crippen molar-refractivity contribution in [2.24, 2.45) is 5.41 Å². The minimum atomic E-state index is -1.21. The fourth-order valence-electron chi connectivity index (χ4n) is 4.21. The maximum absolute atomic E-state index is 13.1. The number of carbonyl (C=O) groups is 3. The SMILES string of the molecule is CC1(C)CN(C(=O)[C@@H](CO)NC(=O)c2cccc(C(=O)O)c2)CC[C@]1(O)c1ccc(Cl)cc1. The first-order valence-corrected chi connectivity index (χ1v) is 10.9. The van der Waals surface area contributed by atoms with Crippen LogP contribution in [0.3, 0.4) is 0 Å². The number of piperidine rings is 1. The lowest BCUT2D eigenvalue weighted by atomic mass is 9.66. The maximum Gasteiger partial charge on any atom is 0.335 e. The molecule has 8 nitrogen and oxygen atoms in total. The van der Waals surface area contributed by atoms with Crippen molar-refractivity contribution in [3.63, 3.8) is 0 Å². The summed E-state index contributed by atoms with van der Waals surface area (Å²) in [6, 6.07) is 11.2. The van der Waals surface area contributed by atoms with E-state index < -0.39 is 41.4 Å². The highest BCUT2D eigenvalue weighted by Crippen LogP contribution is 2.46. The standard InChI is InChI=1S/C24H27ClN2O6/c1-23(2)14-27(11-10-24(23,33)17-6-8-18(25)9-7-17)21(30)19(13-28)26-20(29)15-4-3-5-16(12-15)22(31)32/h3-9,12,19,28,33H,10-11,13-14H2,1-2H3,(H,26,29)(H,31,32)/t19-,24+/m1/s1. The molecule has 0 aromatic heterocycles. The lowest BCUT2D eigenvalue weighted by Gasteiger charge is -2.51. The number of nitrogens with one attached hydrogen (secondary N) is 1. The number of nitrogens with zero attached hydrogens (tertiary/aromatic N) is 1. The molecule has 0 saturated carbocycles. The van der Waals surface area contributed by atoms with E-state index in [9.17, 15) is 24.6 Å². The molecule has 1 saturated heterocycles. The molecule has 9 heteroatoms. The number of aliphatic hydroxyl groups is 2. The number of halogens is 1. The van der Waals surface area contributed by atoms with Gasteiger partial charge < -0.3 is 25.5 Å². The Labute approximate surface area is 196 Å². The molecule has 2 aromatic rings. The van der Waals surface area contributed by atoms with Crippen LogP contribution in [-0.4, -0.2) is 63.7 Å². The molecule has 2 aromatic carbocycles. The molecule has 1 aliphatic rings. The second-order valence-corrected chi connectivity index (χ2v) is 9.29. The number of hydrogen-bond acceptors (Lipinski definition) is 5. The summed E-state index contributed by atoms with van der Waals surface area (Å²) in [6.45, 7) is 3.51. The van der Waals surface area contributed by atoms with Gasteiger partial charge in [-0.25, -0.2) is 4.79 Å². The first-order valence-electron chi connectivity index (χ1n) is 10.5. The summed E-state index contributed by atoms with van der Waals surface area (Å²) < 4.78 is 0. The summed E-state index contributed by atoms with van der Waals surface area (Å²) >= 11 is 5.97. The highest BCUT2D eigenvalue weighted by atomic mass is 35.5. The van der Waals surface area contributed by atoms with Gasteiger partial charge in [-0.15, -0.1) is 0 Å². The molecule has 0 spiro atoms. The molecule has 1 aliphatic heterocycles. The Morgan fingerprint density at radius 1 is 1.12 bits per heavy atom. The van der Waals surface area contributed by atoms with Crippen LogP contribution in [0.4, 0.5) is 0 Å². The Bertz CT molecular complexity index is 1060. The monoisotopic (exact) mass is 474 g/mol. The zero-order valence-corrected chi connectivity index (χ0v) is 19.2. The van der Waals surface area contributed by atoms with Gasteiger partial charge in [0.25, 0.3) is 5.91 Å². The lowest BCUT2D eigenvalue weighted by Crippen LogP contribution is -2.60. The number of rotatable bonds is 6. The minimum absolute atomic E-state index is 0.0613. The number of carbonyl (C=O) groups excluding carboxylic acids is 2. The van der Waals surface area contributed by atoms with Crippen LogP contribution in [0.15, 0.2) is 48.5 Å². The zero-order chi connectivity index (χ0) is 24.4. The smallest absolute Gasteiger partial charge is 0.335 e. The zero-order valence-electron chi connectivity index (χ0n) is 18.4. The van der Waals surface area contributed by atoms with E-state index in [1.165, 1.54) is 29.2 Å². The third-order valence-corrected chi connectivity index (χ3v) is 6.49. The normalized spacial score (nSPS) is 20.7. The Morgan fingerprint density at radius 3 is 2.33 bits per heavy atom. The lowest BCUT2D eigenvalue weighted by molar-refractivity contribution is -0.155. The summed E-state index contributed by atoms with van der Waals surface area (Å²) in [6.07, 6.45) is 0.264. The number of hydrogen-bond donors (Lipinski definition) is 4. The molecule has 0 aliphatic carbocycles. The molecule has 2 amide bonds. The number of amides is 2. The van der Waals surface area contributed by atoms with Gasteiger partial charge in [0, 0.05) is 29.1 Å². The molecule has 1 heterocycles. The number of aromatic carboxylic acids is 1. The van der Waals surface area contributed by atoms with Gasteiger partial charge in [0.05, 0.1) is 17.8 Å². The second-order valence-electron chi connectivity index (χ2n) is 8.86. The Kier molecular flexibility index (Phi) is 7.11. The van der Waals surface area contributed by atoms with Crippen LogP contribution in [-0.2, 0) is 10.4 Å². The van der Waals surface area contributed by atoms with E-state index in [1.807, 2.05) is 13.8 Å². The molecule has 3 rings (SSSR count).